The first-order valence-electron chi connectivity index (χ1n) is 12.0. The second-order valence-electron chi connectivity index (χ2n) is 10.1. The fourth-order valence-electron chi connectivity index (χ4n) is 4.82. The summed E-state index contributed by atoms with van der Waals surface area (Å²) in [5.74, 6) is 0.249. The summed E-state index contributed by atoms with van der Waals surface area (Å²) in [5, 5.41) is 16.6. The summed E-state index contributed by atoms with van der Waals surface area (Å²) in [6, 6.07) is 3.93. The molecule has 4 aromatic heterocycles. The van der Waals surface area contributed by atoms with Crippen molar-refractivity contribution in [1.29, 1.82) is 0 Å². The topological polar surface area (TPSA) is 119 Å². The third kappa shape index (κ3) is 4.52. The molecule has 2 fully saturated rings. The predicted molar refractivity (Wildman–Crippen MR) is 128 cm³/mol. The molecule has 0 aromatic carbocycles. The lowest BCUT2D eigenvalue weighted by Crippen LogP contribution is -2.47. The second-order valence-corrected chi connectivity index (χ2v) is 10.1. The summed E-state index contributed by atoms with van der Waals surface area (Å²) in [5.41, 5.74) is 1.80. The third-order valence-corrected chi connectivity index (χ3v) is 6.85. The highest BCUT2D eigenvalue weighted by molar-refractivity contribution is 5.94. The number of halogens is 2. The van der Waals surface area contributed by atoms with Crippen molar-refractivity contribution < 1.29 is 23.4 Å². The van der Waals surface area contributed by atoms with E-state index in [1.165, 1.54) is 18.6 Å². The molecule has 0 radical (unpaired) electrons. The van der Waals surface area contributed by atoms with Crippen molar-refractivity contribution in [1.82, 2.24) is 29.1 Å². The summed E-state index contributed by atoms with van der Waals surface area (Å²) < 4.78 is 35.4. The molecule has 6 rings (SSSR count). The zero-order valence-electron chi connectivity index (χ0n) is 20.2. The van der Waals surface area contributed by atoms with Gasteiger partial charge in [-0.05, 0) is 31.9 Å². The van der Waals surface area contributed by atoms with Gasteiger partial charge in [0.05, 0.1) is 24.2 Å². The molecule has 0 unspecified atom stereocenters. The van der Waals surface area contributed by atoms with E-state index < -0.39 is 12.2 Å². The van der Waals surface area contributed by atoms with Crippen LogP contribution in [0.15, 0.2) is 43.1 Å². The van der Waals surface area contributed by atoms with Crippen LogP contribution in [0.4, 0.5) is 14.6 Å². The highest BCUT2D eigenvalue weighted by Crippen LogP contribution is 2.47. The number of carbonyl (C=O) groups excluding carboxylic acids is 1. The van der Waals surface area contributed by atoms with Gasteiger partial charge in [0.15, 0.2) is 17.2 Å². The Morgan fingerprint density at radius 3 is 2.73 bits per heavy atom. The fourth-order valence-corrected chi connectivity index (χ4v) is 4.82. The number of rotatable bonds is 7. The molecule has 0 spiro atoms. The Balaban J connectivity index is 1.21. The number of hydrogen-bond acceptors (Lipinski definition) is 7. The van der Waals surface area contributed by atoms with Crippen LogP contribution in [0.5, 0.6) is 5.75 Å². The molecule has 37 heavy (non-hydrogen) atoms. The van der Waals surface area contributed by atoms with Crippen LogP contribution in [0.1, 0.15) is 49.9 Å². The molecule has 2 atom stereocenters. The van der Waals surface area contributed by atoms with Crippen LogP contribution in [-0.4, -0.2) is 51.9 Å². The number of alkyl halides is 2. The Labute approximate surface area is 210 Å². The van der Waals surface area contributed by atoms with Gasteiger partial charge in [-0.2, -0.15) is 18.6 Å². The number of carbonyl (C=O) groups is 1. The molecule has 12 heteroatoms. The average molecular weight is 510 g/mol. The smallest absolute Gasteiger partial charge is 0.333 e. The summed E-state index contributed by atoms with van der Waals surface area (Å²) in [7, 11) is 0. The third-order valence-electron chi connectivity index (χ3n) is 6.85. The Morgan fingerprint density at radius 2 is 2.03 bits per heavy atom. The van der Waals surface area contributed by atoms with Gasteiger partial charge in [0.25, 0.3) is 0 Å². The van der Waals surface area contributed by atoms with E-state index in [9.17, 15) is 18.7 Å². The SMILES string of the molecule is Cc1ccc([C@@H]2C[C@@H]2C(=O)Nc2cn3cc(-c4c(OC5CC(C)(O)C5)cnn4C(F)F)ncc3n2)nc1. The molecule has 192 valence electrons. The van der Waals surface area contributed by atoms with E-state index in [1.54, 1.807) is 23.7 Å². The fraction of sp³-hybridized carbons (Fsp3) is 0.400. The number of hydrogen-bond donors (Lipinski definition) is 2. The molecule has 2 saturated carbocycles. The molecule has 1 amide bonds. The number of pyridine rings is 1. The highest BCUT2D eigenvalue weighted by atomic mass is 19.3. The molecule has 0 bridgehead atoms. The van der Waals surface area contributed by atoms with Crippen molar-refractivity contribution in [3.05, 3.63) is 54.4 Å². The minimum Gasteiger partial charge on any atom is -0.486 e. The first-order valence-corrected chi connectivity index (χ1v) is 12.0. The van der Waals surface area contributed by atoms with Crippen molar-refractivity contribution in [2.24, 2.45) is 5.92 Å². The lowest BCUT2D eigenvalue weighted by molar-refractivity contribution is -0.117. The van der Waals surface area contributed by atoms with Crippen LogP contribution in [-0.2, 0) is 4.79 Å². The molecule has 2 aliphatic rings. The summed E-state index contributed by atoms with van der Waals surface area (Å²) in [4.78, 5) is 25.9. The van der Waals surface area contributed by atoms with Gasteiger partial charge in [-0.25, -0.2) is 9.97 Å². The number of nitrogens with zero attached hydrogens (tertiary/aromatic N) is 6. The van der Waals surface area contributed by atoms with Crippen molar-refractivity contribution >= 4 is 17.4 Å². The Kier molecular flexibility index (Phi) is 5.44. The maximum atomic E-state index is 13.7. The number of aromatic nitrogens is 6. The Bertz CT molecular complexity index is 1470. The molecule has 4 aromatic rings. The van der Waals surface area contributed by atoms with Gasteiger partial charge in [-0.15, -0.1) is 0 Å². The normalized spacial score (nSPS) is 24.8. The molecule has 2 aliphatic carbocycles. The van der Waals surface area contributed by atoms with Crippen LogP contribution < -0.4 is 10.1 Å². The van der Waals surface area contributed by atoms with Gasteiger partial charge in [-0.1, -0.05) is 6.07 Å². The molecular weight excluding hydrogens is 484 g/mol. The zero-order valence-corrected chi connectivity index (χ0v) is 20.2. The first-order chi connectivity index (χ1) is 17.7. The number of anilines is 1. The number of aryl methyl sites for hydroxylation is 1. The lowest BCUT2D eigenvalue weighted by atomic mass is 9.79. The van der Waals surface area contributed by atoms with Gasteiger partial charge < -0.3 is 19.6 Å². The summed E-state index contributed by atoms with van der Waals surface area (Å²) in [6.45, 7) is 0.762. The van der Waals surface area contributed by atoms with Gasteiger partial charge in [0.2, 0.25) is 5.91 Å². The number of amides is 1. The van der Waals surface area contributed by atoms with E-state index in [2.05, 4.69) is 25.4 Å². The van der Waals surface area contributed by atoms with E-state index in [0.717, 1.165) is 17.7 Å². The number of nitrogens with one attached hydrogen (secondary N) is 1. The largest absolute Gasteiger partial charge is 0.486 e. The van der Waals surface area contributed by atoms with Crippen LogP contribution in [0.3, 0.4) is 0 Å². The van der Waals surface area contributed by atoms with Crippen LogP contribution in [0.2, 0.25) is 0 Å². The number of ether oxygens (including phenoxy) is 1. The van der Waals surface area contributed by atoms with E-state index in [-0.39, 0.29) is 41.0 Å². The summed E-state index contributed by atoms with van der Waals surface area (Å²) >= 11 is 0. The average Bonchev–Trinajstić information content (AvgIpc) is 3.36. The van der Waals surface area contributed by atoms with E-state index in [1.807, 2.05) is 19.1 Å². The Hall–Kier alpha value is -3.93. The monoisotopic (exact) mass is 509 g/mol. The number of aliphatic hydroxyl groups is 1. The van der Waals surface area contributed by atoms with Gasteiger partial charge >= 0.3 is 6.55 Å². The zero-order chi connectivity index (χ0) is 25.9. The van der Waals surface area contributed by atoms with Crippen molar-refractivity contribution in [2.45, 2.75) is 57.3 Å². The van der Waals surface area contributed by atoms with Gasteiger partial charge in [0, 0.05) is 42.8 Å². The van der Waals surface area contributed by atoms with Crippen molar-refractivity contribution in [3.63, 3.8) is 0 Å². The van der Waals surface area contributed by atoms with E-state index in [0.29, 0.717) is 29.0 Å². The van der Waals surface area contributed by atoms with Crippen LogP contribution in [0, 0.1) is 12.8 Å². The van der Waals surface area contributed by atoms with Crippen molar-refractivity contribution in [2.75, 3.05) is 5.32 Å². The maximum absolute atomic E-state index is 13.7. The Morgan fingerprint density at radius 1 is 1.22 bits per heavy atom. The number of fused-ring (bicyclic) bond motifs is 1. The molecule has 0 saturated heterocycles. The lowest BCUT2D eigenvalue weighted by Gasteiger charge is -2.40. The minimum absolute atomic E-state index is 0.0224. The minimum atomic E-state index is -2.90. The van der Waals surface area contributed by atoms with E-state index in [4.69, 9.17) is 4.74 Å². The molecule has 10 nitrogen and oxygen atoms in total. The number of imidazole rings is 1. The predicted octanol–water partition coefficient (Wildman–Crippen LogP) is 3.73. The second kappa shape index (κ2) is 8.58. The van der Waals surface area contributed by atoms with Crippen LogP contribution in [0.25, 0.3) is 17.0 Å². The van der Waals surface area contributed by atoms with Gasteiger partial charge in [-0.3, -0.25) is 9.78 Å². The van der Waals surface area contributed by atoms with Crippen molar-refractivity contribution in [3.8, 4) is 17.1 Å². The summed E-state index contributed by atoms with van der Waals surface area (Å²) in [6.07, 6.45) is 8.80. The molecule has 4 heterocycles. The standard InChI is InChI=1S/C25H25F2N7O3/c1-13-3-4-17(28-8-13)15-5-16(15)23(35)32-20-12-33-11-18(29-10-21(33)31-20)22-19(9-30-34(22)24(26)27)37-14-6-25(2,36)7-14/h3-4,8-12,14-16,24,36H,5-7H2,1-2H3,(H,32,35)/t14?,15-,16+,25?/m1/s1. The van der Waals surface area contributed by atoms with Gasteiger partial charge in [0.1, 0.15) is 17.5 Å². The quantitative estimate of drug-likeness (QED) is 0.390. The first kappa shape index (κ1) is 23.5. The maximum Gasteiger partial charge on any atom is 0.333 e. The highest BCUT2D eigenvalue weighted by Gasteiger charge is 2.45. The van der Waals surface area contributed by atoms with Crippen LogP contribution >= 0.6 is 0 Å². The molecular formula is C25H25F2N7O3. The molecule has 2 N–H and O–H groups in total. The molecule has 0 aliphatic heterocycles. The van der Waals surface area contributed by atoms with E-state index >= 15 is 0 Å².